The summed E-state index contributed by atoms with van der Waals surface area (Å²) in [6.45, 7) is 6.26. The van der Waals surface area contributed by atoms with E-state index in [-0.39, 0.29) is 5.91 Å². The Labute approximate surface area is 153 Å². The molecular weight excluding hydrogens is 332 g/mol. The van der Waals surface area contributed by atoms with Gasteiger partial charge in [0.05, 0.1) is 11.3 Å². The minimum Gasteiger partial charge on any atom is -0.489 e. The summed E-state index contributed by atoms with van der Waals surface area (Å²) < 4.78 is 16.5. The Morgan fingerprint density at radius 2 is 2.19 bits per heavy atom. The molecule has 1 amide bonds. The van der Waals surface area contributed by atoms with Gasteiger partial charge in [-0.05, 0) is 57.2 Å². The highest BCUT2D eigenvalue weighted by atomic mass is 16.5. The van der Waals surface area contributed by atoms with Crippen LogP contribution in [0.1, 0.15) is 46.6 Å². The minimum atomic E-state index is -0.102. The van der Waals surface area contributed by atoms with E-state index in [1.807, 2.05) is 26.0 Å². The fraction of sp³-hybridized carbons (Fsp3) is 0.500. The van der Waals surface area contributed by atoms with Gasteiger partial charge in [-0.1, -0.05) is 11.2 Å². The average Bonchev–Trinajstić information content (AvgIpc) is 3.41. The first-order chi connectivity index (χ1) is 12.6. The molecule has 1 aliphatic carbocycles. The molecule has 0 unspecified atom stereocenters. The van der Waals surface area contributed by atoms with Crippen LogP contribution in [0.3, 0.4) is 0 Å². The molecule has 0 spiro atoms. The second-order valence-corrected chi connectivity index (χ2v) is 6.75. The number of nitrogens with one attached hydrogen (secondary N) is 1. The molecule has 3 rings (SSSR count). The van der Waals surface area contributed by atoms with Gasteiger partial charge in [0, 0.05) is 25.3 Å². The van der Waals surface area contributed by atoms with E-state index in [1.165, 1.54) is 12.8 Å². The molecule has 0 radical (unpaired) electrons. The SMILES string of the molecule is Cc1noc(C)c1COc1cccc(C(=O)NCCCOCC2CC2)c1. The summed E-state index contributed by atoms with van der Waals surface area (Å²) in [6, 6.07) is 7.18. The van der Waals surface area contributed by atoms with Crippen molar-refractivity contribution in [3.05, 3.63) is 46.8 Å². The molecule has 1 heterocycles. The number of aromatic nitrogens is 1. The van der Waals surface area contributed by atoms with Gasteiger partial charge >= 0.3 is 0 Å². The summed E-state index contributed by atoms with van der Waals surface area (Å²) in [5.41, 5.74) is 2.34. The summed E-state index contributed by atoms with van der Waals surface area (Å²) >= 11 is 0. The van der Waals surface area contributed by atoms with Gasteiger partial charge in [-0.2, -0.15) is 0 Å². The first-order valence-corrected chi connectivity index (χ1v) is 9.14. The van der Waals surface area contributed by atoms with Crippen molar-refractivity contribution in [2.45, 2.75) is 39.7 Å². The maximum atomic E-state index is 12.3. The van der Waals surface area contributed by atoms with Crippen LogP contribution in [0.2, 0.25) is 0 Å². The first kappa shape index (κ1) is 18.5. The molecule has 1 aromatic heterocycles. The lowest BCUT2D eigenvalue weighted by molar-refractivity contribution is 0.0937. The van der Waals surface area contributed by atoms with Gasteiger partial charge in [-0.3, -0.25) is 4.79 Å². The van der Waals surface area contributed by atoms with E-state index in [1.54, 1.807) is 12.1 Å². The molecule has 1 aromatic carbocycles. The minimum absolute atomic E-state index is 0.102. The van der Waals surface area contributed by atoms with Crippen LogP contribution in [0, 0.1) is 19.8 Å². The lowest BCUT2D eigenvalue weighted by Gasteiger charge is -2.09. The molecule has 0 bridgehead atoms. The fourth-order valence-corrected chi connectivity index (χ4v) is 2.60. The zero-order chi connectivity index (χ0) is 18.4. The van der Waals surface area contributed by atoms with Crippen LogP contribution in [0.5, 0.6) is 5.75 Å². The quantitative estimate of drug-likeness (QED) is 0.659. The topological polar surface area (TPSA) is 73.6 Å². The van der Waals surface area contributed by atoms with Crippen LogP contribution in [0.25, 0.3) is 0 Å². The number of carbonyl (C=O) groups excluding carboxylic acids is 1. The van der Waals surface area contributed by atoms with E-state index < -0.39 is 0 Å². The maximum Gasteiger partial charge on any atom is 0.251 e. The van der Waals surface area contributed by atoms with Crippen molar-refractivity contribution in [1.82, 2.24) is 10.5 Å². The summed E-state index contributed by atoms with van der Waals surface area (Å²) in [5.74, 6) is 2.07. The summed E-state index contributed by atoms with van der Waals surface area (Å²) in [6.07, 6.45) is 3.41. The zero-order valence-electron chi connectivity index (χ0n) is 15.4. The summed E-state index contributed by atoms with van der Waals surface area (Å²) in [5, 5.41) is 6.83. The largest absolute Gasteiger partial charge is 0.489 e. The van der Waals surface area contributed by atoms with E-state index in [4.69, 9.17) is 14.0 Å². The lowest BCUT2D eigenvalue weighted by atomic mass is 10.2. The Balaban J connectivity index is 1.42. The first-order valence-electron chi connectivity index (χ1n) is 9.14. The number of aryl methyl sites for hydroxylation is 2. The molecular formula is C20H26N2O4. The smallest absolute Gasteiger partial charge is 0.251 e. The lowest BCUT2D eigenvalue weighted by Crippen LogP contribution is -2.25. The number of hydrogen-bond donors (Lipinski definition) is 1. The van der Waals surface area contributed by atoms with Gasteiger partial charge < -0.3 is 19.3 Å². The predicted octanol–water partition coefficient (Wildman–Crippen LogP) is 3.42. The van der Waals surface area contributed by atoms with Crippen molar-refractivity contribution in [3.63, 3.8) is 0 Å². The molecule has 1 fully saturated rings. The number of ether oxygens (including phenoxy) is 2. The highest BCUT2D eigenvalue weighted by molar-refractivity contribution is 5.94. The second-order valence-electron chi connectivity index (χ2n) is 6.75. The van der Waals surface area contributed by atoms with Crippen molar-refractivity contribution in [3.8, 4) is 5.75 Å². The molecule has 140 valence electrons. The van der Waals surface area contributed by atoms with E-state index >= 15 is 0 Å². The summed E-state index contributed by atoms with van der Waals surface area (Å²) in [7, 11) is 0. The maximum absolute atomic E-state index is 12.3. The Morgan fingerprint density at radius 3 is 2.92 bits per heavy atom. The second kappa shape index (κ2) is 8.85. The average molecular weight is 358 g/mol. The molecule has 2 aromatic rings. The van der Waals surface area contributed by atoms with Gasteiger partial charge in [0.25, 0.3) is 5.91 Å². The van der Waals surface area contributed by atoms with Crippen molar-refractivity contribution < 1.29 is 18.8 Å². The normalized spacial score (nSPS) is 13.6. The third-order valence-corrected chi connectivity index (χ3v) is 4.46. The fourth-order valence-electron chi connectivity index (χ4n) is 2.60. The number of hydrogen-bond acceptors (Lipinski definition) is 5. The van der Waals surface area contributed by atoms with Crippen molar-refractivity contribution >= 4 is 5.91 Å². The molecule has 0 atom stereocenters. The highest BCUT2D eigenvalue weighted by Gasteiger charge is 2.20. The van der Waals surface area contributed by atoms with Gasteiger partial charge in [0.2, 0.25) is 0 Å². The summed E-state index contributed by atoms with van der Waals surface area (Å²) in [4.78, 5) is 12.3. The molecule has 1 aliphatic rings. The third kappa shape index (κ3) is 5.33. The Morgan fingerprint density at radius 1 is 1.35 bits per heavy atom. The Hall–Kier alpha value is -2.34. The Bertz CT molecular complexity index is 718. The molecule has 0 saturated heterocycles. The van der Waals surface area contributed by atoms with E-state index in [2.05, 4.69) is 10.5 Å². The van der Waals surface area contributed by atoms with Crippen LogP contribution in [-0.4, -0.2) is 30.8 Å². The van der Waals surface area contributed by atoms with Crippen LogP contribution >= 0.6 is 0 Å². The molecule has 0 aliphatic heterocycles. The molecule has 6 heteroatoms. The third-order valence-electron chi connectivity index (χ3n) is 4.46. The van der Waals surface area contributed by atoms with Gasteiger partial charge in [-0.15, -0.1) is 0 Å². The van der Waals surface area contributed by atoms with Crippen LogP contribution in [0.4, 0.5) is 0 Å². The van der Waals surface area contributed by atoms with Crippen molar-refractivity contribution in [2.24, 2.45) is 5.92 Å². The molecule has 6 nitrogen and oxygen atoms in total. The highest BCUT2D eigenvalue weighted by Crippen LogP contribution is 2.28. The van der Waals surface area contributed by atoms with Crippen molar-refractivity contribution in [1.29, 1.82) is 0 Å². The van der Waals surface area contributed by atoms with E-state index in [9.17, 15) is 4.79 Å². The van der Waals surface area contributed by atoms with Crippen LogP contribution in [0.15, 0.2) is 28.8 Å². The number of benzene rings is 1. The van der Waals surface area contributed by atoms with Crippen molar-refractivity contribution in [2.75, 3.05) is 19.8 Å². The molecule has 1 N–H and O–H groups in total. The van der Waals surface area contributed by atoms with E-state index in [0.717, 1.165) is 36.0 Å². The monoisotopic (exact) mass is 358 g/mol. The van der Waals surface area contributed by atoms with Crippen LogP contribution in [-0.2, 0) is 11.3 Å². The van der Waals surface area contributed by atoms with Crippen LogP contribution < -0.4 is 10.1 Å². The number of rotatable bonds is 10. The number of nitrogens with zero attached hydrogens (tertiary/aromatic N) is 1. The standard InChI is InChI=1S/C20H26N2O4/c1-14-19(15(2)26-22-14)13-25-18-6-3-5-17(11-18)20(23)21-9-4-10-24-12-16-7-8-16/h3,5-6,11,16H,4,7-10,12-13H2,1-2H3,(H,21,23). The molecule has 1 saturated carbocycles. The van der Waals surface area contributed by atoms with Gasteiger partial charge in [0.15, 0.2) is 0 Å². The number of carbonyl (C=O) groups is 1. The molecule has 26 heavy (non-hydrogen) atoms. The predicted molar refractivity (Wildman–Crippen MR) is 97.2 cm³/mol. The van der Waals surface area contributed by atoms with E-state index in [0.29, 0.717) is 31.1 Å². The Kier molecular flexibility index (Phi) is 6.28. The number of amides is 1. The van der Waals surface area contributed by atoms with Gasteiger partial charge in [0.1, 0.15) is 18.1 Å². The van der Waals surface area contributed by atoms with Gasteiger partial charge in [-0.25, -0.2) is 0 Å². The zero-order valence-corrected chi connectivity index (χ0v) is 15.4.